The molecule has 0 spiro atoms. The first-order valence-corrected chi connectivity index (χ1v) is 7.59. The van der Waals surface area contributed by atoms with E-state index in [1.54, 1.807) is 12.4 Å². The van der Waals surface area contributed by atoms with Gasteiger partial charge in [0.05, 0.1) is 0 Å². The van der Waals surface area contributed by atoms with E-state index in [2.05, 4.69) is 27.5 Å². The second-order valence-corrected chi connectivity index (χ2v) is 5.28. The van der Waals surface area contributed by atoms with Gasteiger partial charge in [-0.2, -0.15) is 0 Å². The minimum absolute atomic E-state index is 0.0819. The van der Waals surface area contributed by atoms with Crippen LogP contribution < -0.4 is 10.6 Å². The molecule has 3 N–H and O–H groups in total. The van der Waals surface area contributed by atoms with Gasteiger partial charge < -0.3 is 10.4 Å². The molecule has 0 bridgehead atoms. The molecule has 0 amide bonds. The number of anilines is 1. The number of aliphatic carboxylic acids is 1. The van der Waals surface area contributed by atoms with Gasteiger partial charge in [-0.05, 0) is 12.3 Å². The Morgan fingerprint density at radius 3 is 2.52 bits per heavy atom. The molecule has 0 aliphatic carbocycles. The van der Waals surface area contributed by atoms with Crippen LogP contribution in [-0.2, 0) is 11.3 Å². The molecule has 6 heteroatoms. The fourth-order valence-electron chi connectivity index (χ4n) is 1.91. The molecular formula is C15H26N4O2. The van der Waals surface area contributed by atoms with E-state index in [0.717, 1.165) is 31.4 Å². The highest BCUT2D eigenvalue weighted by Gasteiger charge is 2.22. The summed E-state index contributed by atoms with van der Waals surface area (Å²) in [7, 11) is 0. The lowest BCUT2D eigenvalue weighted by Crippen LogP contribution is -2.41. The van der Waals surface area contributed by atoms with Crippen LogP contribution in [0.3, 0.4) is 0 Å². The lowest BCUT2D eigenvalue weighted by atomic mass is 9.99. The van der Waals surface area contributed by atoms with Crippen molar-refractivity contribution >= 4 is 11.9 Å². The summed E-state index contributed by atoms with van der Waals surface area (Å²) < 4.78 is 0. The van der Waals surface area contributed by atoms with Gasteiger partial charge in [0.15, 0.2) is 0 Å². The minimum Gasteiger partial charge on any atom is -0.480 e. The van der Waals surface area contributed by atoms with E-state index in [9.17, 15) is 9.90 Å². The summed E-state index contributed by atoms with van der Waals surface area (Å²) in [6.45, 7) is 7.37. The number of nitrogens with one attached hydrogen (secondary N) is 2. The predicted molar refractivity (Wildman–Crippen MR) is 83.1 cm³/mol. The Labute approximate surface area is 126 Å². The van der Waals surface area contributed by atoms with Gasteiger partial charge in [0.25, 0.3) is 0 Å². The maximum Gasteiger partial charge on any atom is 0.320 e. The molecule has 0 unspecified atom stereocenters. The average Bonchev–Trinajstić information content (AvgIpc) is 2.48. The summed E-state index contributed by atoms with van der Waals surface area (Å²) in [4.78, 5) is 19.7. The Kier molecular flexibility index (Phi) is 7.68. The van der Waals surface area contributed by atoms with Crippen molar-refractivity contribution in [3.05, 3.63) is 18.0 Å². The predicted octanol–water partition coefficient (Wildman–Crippen LogP) is 2.28. The summed E-state index contributed by atoms with van der Waals surface area (Å²) in [5.74, 6) is -0.120. The molecule has 2 atom stereocenters. The van der Waals surface area contributed by atoms with Crippen molar-refractivity contribution in [2.24, 2.45) is 5.92 Å². The third-order valence-electron chi connectivity index (χ3n) is 3.52. The van der Waals surface area contributed by atoms with Crippen molar-refractivity contribution in [3.63, 3.8) is 0 Å². The van der Waals surface area contributed by atoms with E-state index in [-0.39, 0.29) is 5.92 Å². The van der Waals surface area contributed by atoms with E-state index in [1.807, 2.05) is 13.8 Å². The molecule has 21 heavy (non-hydrogen) atoms. The zero-order valence-corrected chi connectivity index (χ0v) is 13.1. The van der Waals surface area contributed by atoms with E-state index < -0.39 is 12.0 Å². The monoisotopic (exact) mass is 294 g/mol. The first-order chi connectivity index (χ1) is 10.1. The number of rotatable bonds is 10. The van der Waals surface area contributed by atoms with Gasteiger partial charge >= 0.3 is 5.97 Å². The first-order valence-electron chi connectivity index (χ1n) is 7.59. The second-order valence-electron chi connectivity index (χ2n) is 5.28. The number of hydrogen-bond acceptors (Lipinski definition) is 5. The van der Waals surface area contributed by atoms with Crippen LogP contribution in [-0.4, -0.2) is 33.6 Å². The smallest absolute Gasteiger partial charge is 0.320 e. The third-order valence-corrected chi connectivity index (χ3v) is 3.52. The third kappa shape index (κ3) is 6.08. The van der Waals surface area contributed by atoms with E-state index >= 15 is 0 Å². The van der Waals surface area contributed by atoms with Gasteiger partial charge in [0.2, 0.25) is 5.95 Å². The molecule has 1 aromatic rings. The lowest BCUT2D eigenvalue weighted by Gasteiger charge is -2.20. The van der Waals surface area contributed by atoms with Crippen molar-refractivity contribution in [3.8, 4) is 0 Å². The maximum absolute atomic E-state index is 11.2. The number of aromatic nitrogens is 2. The largest absolute Gasteiger partial charge is 0.480 e. The standard InChI is InChI=1S/C15H26N4O2/c1-4-6-7-16-15-18-9-12(10-19-15)8-17-13(14(20)21)11(3)5-2/h9-11,13,17H,4-8H2,1-3H3,(H,20,21)(H,16,18,19)/t11-,13+/m1/s1. The van der Waals surface area contributed by atoms with Crippen LogP contribution in [0, 0.1) is 5.92 Å². The summed E-state index contributed by atoms with van der Waals surface area (Å²) in [5, 5.41) is 15.4. The summed E-state index contributed by atoms with van der Waals surface area (Å²) >= 11 is 0. The molecule has 0 aliphatic rings. The number of carboxylic acid groups (broad SMARTS) is 1. The fraction of sp³-hybridized carbons (Fsp3) is 0.667. The maximum atomic E-state index is 11.2. The van der Waals surface area contributed by atoms with Crippen molar-refractivity contribution < 1.29 is 9.90 Å². The SMILES string of the molecule is CCCCNc1ncc(CN[C@H](C(=O)O)[C@H](C)CC)cn1. The van der Waals surface area contributed by atoms with Crippen LogP contribution in [0.15, 0.2) is 12.4 Å². The first kappa shape index (κ1) is 17.4. The average molecular weight is 294 g/mol. The molecule has 0 radical (unpaired) electrons. The number of nitrogens with zero attached hydrogens (tertiary/aromatic N) is 2. The highest BCUT2D eigenvalue weighted by Crippen LogP contribution is 2.09. The Balaban J connectivity index is 2.49. The Morgan fingerprint density at radius 2 is 2.00 bits per heavy atom. The van der Waals surface area contributed by atoms with Gasteiger partial charge in [-0.3, -0.25) is 10.1 Å². The van der Waals surface area contributed by atoms with Crippen LogP contribution in [0.5, 0.6) is 0 Å². The highest BCUT2D eigenvalue weighted by atomic mass is 16.4. The number of unbranched alkanes of at least 4 members (excludes halogenated alkanes) is 1. The fourth-order valence-corrected chi connectivity index (χ4v) is 1.91. The second kappa shape index (κ2) is 9.28. The molecule has 0 saturated carbocycles. The molecule has 0 aliphatic heterocycles. The summed E-state index contributed by atoms with van der Waals surface area (Å²) in [6, 6.07) is -0.544. The van der Waals surface area contributed by atoms with Crippen molar-refractivity contribution in [2.45, 2.75) is 52.6 Å². The van der Waals surface area contributed by atoms with Crippen molar-refractivity contribution in [2.75, 3.05) is 11.9 Å². The zero-order chi connectivity index (χ0) is 15.7. The Hall–Kier alpha value is -1.69. The van der Waals surface area contributed by atoms with Crippen LogP contribution >= 0.6 is 0 Å². The summed E-state index contributed by atoms with van der Waals surface area (Å²) in [6.07, 6.45) is 6.48. The Morgan fingerprint density at radius 1 is 1.33 bits per heavy atom. The van der Waals surface area contributed by atoms with Crippen molar-refractivity contribution in [1.82, 2.24) is 15.3 Å². The van der Waals surface area contributed by atoms with Gasteiger partial charge in [0.1, 0.15) is 6.04 Å². The molecule has 0 fully saturated rings. The molecule has 1 rings (SSSR count). The zero-order valence-electron chi connectivity index (χ0n) is 13.1. The van der Waals surface area contributed by atoms with Gasteiger partial charge in [-0.15, -0.1) is 0 Å². The van der Waals surface area contributed by atoms with Crippen LogP contribution in [0.4, 0.5) is 5.95 Å². The number of hydrogen-bond donors (Lipinski definition) is 3. The quantitative estimate of drug-likeness (QED) is 0.574. The van der Waals surface area contributed by atoms with E-state index in [0.29, 0.717) is 12.5 Å². The van der Waals surface area contributed by atoms with Crippen LogP contribution in [0.25, 0.3) is 0 Å². The molecule has 1 heterocycles. The number of carboxylic acids is 1. The van der Waals surface area contributed by atoms with E-state index in [4.69, 9.17) is 0 Å². The molecule has 6 nitrogen and oxygen atoms in total. The molecule has 118 valence electrons. The summed E-state index contributed by atoms with van der Waals surface area (Å²) in [5.41, 5.74) is 0.880. The lowest BCUT2D eigenvalue weighted by molar-refractivity contribution is -0.140. The number of carbonyl (C=O) groups is 1. The molecule has 0 aromatic carbocycles. The van der Waals surface area contributed by atoms with Crippen molar-refractivity contribution in [1.29, 1.82) is 0 Å². The normalized spacial score (nSPS) is 13.7. The molecule has 1 aromatic heterocycles. The van der Waals surface area contributed by atoms with Crippen LogP contribution in [0.2, 0.25) is 0 Å². The molecule has 0 saturated heterocycles. The van der Waals surface area contributed by atoms with Gasteiger partial charge in [0, 0.05) is 31.0 Å². The van der Waals surface area contributed by atoms with Crippen LogP contribution in [0.1, 0.15) is 45.6 Å². The van der Waals surface area contributed by atoms with Gasteiger partial charge in [-0.1, -0.05) is 33.6 Å². The topological polar surface area (TPSA) is 87.1 Å². The highest BCUT2D eigenvalue weighted by molar-refractivity contribution is 5.73. The minimum atomic E-state index is -0.817. The Bertz CT molecular complexity index is 422. The van der Waals surface area contributed by atoms with Gasteiger partial charge in [-0.25, -0.2) is 9.97 Å². The van der Waals surface area contributed by atoms with E-state index in [1.165, 1.54) is 0 Å². The molecular weight excluding hydrogens is 268 g/mol.